The van der Waals surface area contributed by atoms with Gasteiger partial charge in [0.15, 0.2) is 5.75 Å². The molecule has 7 nitrogen and oxygen atoms in total. The Morgan fingerprint density at radius 2 is 2.21 bits per heavy atom. The lowest BCUT2D eigenvalue weighted by Crippen LogP contribution is -2.32. The number of amides is 1. The van der Waals surface area contributed by atoms with Crippen LogP contribution in [0.1, 0.15) is 10.4 Å². The minimum atomic E-state index is -0.544. The zero-order chi connectivity index (χ0) is 14.4. The number of carbonyl (C=O) groups excluding carboxylic acids is 1. The maximum absolute atomic E-state index is 12.1. The highest BCUT2D eigenvalue weighted by Crippen LogP contribution is 2.27. The number of hydrogen-bond acceptors (Lipinski definition) is 5. The first-order chi connectivity index (χ1) is 9.01. The standard InChI is InChI=1S/C12H17N3O4/c1-13-6-7-14(2)12(16)9-4-5-10(15(17)18)11(8-9)19-3/h4-5,8,13H,6-7H2,1-3H3. The predicted molar refractivity (Wildman–Crippen MR) is 70.5 cm³/mol. The van der Waals surface area contributed by atoms with Crippen molar-refractivity contribution in [3.63, 3.8) is 0 Å². The highest BCUT2D eigenvalue weighted by molar-refractivity contribution is 5.94. The fraction of sp³-hybridized carbons (Fsp3) is 0.417. The van der Waals surface area contributed by atoms with Crippen molar-refractivity contribution in [3.05, 3.63) is 33.9 Å². The van der Waals surface area contributed by atoms with Crippen molar-refractivity contribution >= 4 is 11.6 Å². The number of benzene rings is 1. The third-order valence-corrected chi connectivity index (χ3v) is 2.67. The lowest BCUT2D eigenvalue weighted by atomic mass is 10.1. The molecule has 0 heterocycles. The Hall–Kier alpha value is -2.15. The van der Waals surface area contributed by atoms with Gasteiger partial charge in [-0.15, -0.1) is 0 Å². The highest BCUT2D eigenvalue weighted by atomic mass is 16.6. The number of methoxy groups -OCH3 is 1. The van der Waals surface area contributed by atoms with Crippen molar-refractivity contribution in [2.45, 2.75) is 0 Å². The van der Waals surface area contributed by atoms with Crippen molar-refractivity contribution in [2.75, 3.05) is 34.3 Å². The Morgan fingerprint density at radius 3 is 2.74 bits per heavy atom. The van der Waals surface area contributed by atoms with Crippen molar-refractivity contribution in [1.82, 2.24) is 10.2 Å². The molecule has 0 aliphatic rings. The van der Waals surface area contributed by atoms with E-state index in [1.165, 1.54) is 30.2 Å². The third-order valence-electron chi connectivity index (χ3n) is 2.67. The minimum absolute atomic E-state index is 0.0814. The van der Waals surface area contributed by atoms with Crippen LogP contribution in [-0.2, 0) is 0 Å². The molecule has 1 amide bonds. The number of rotatable bonds is 6. The van der Waals surface area contributed by atoms with Gasteiger partial charge in [-0.3, -0.25) is 14.9 Å². The molecule has 19 heavy (non-hydrogen) atoms. The smallest absolute Gasteiger partial charge is 0.310 e. The van der Waals surface area contributed by atoms with E-state index in [1.54, 1.807) is 14.1 Å². The molecule has 0 unspecified atom stereocenters. The third kappa shape index (κ3) is 3.65. The molecule has 1 rings (SSSR count). The van der Waals surface area contributed by atoms with Crippen molar-refractivity contribution < 1.29 is 14.5 Å². The van der Waals surface area contributed by atoms with Gasteiger partial charge < -0.3 is 15.0 Å². The maximum Gasteiger partial charge on any atom is 0.310 e. The normalized spacial score (nSPS) is 10.1. The molecule has 0 fully saturated rings. The molecule has 0 aromatic heterocycles. The summed E-state index contributed by atoms with van der Waals surface area (Å²) in [5, 5.41) is 13.7. The van der Waals surface area contributed by atoms with Gasteiger partial charge in [0, 0.05) is 37.8 Å². The van der Waals surface area contributed by atoms with E-state index in [-0.39, 0.29) is 17.3 Å². The average molecular weight is 267 g/mol. The van der Waals surface area contributed by atoms with Gasteiger partial charge >= 0.3 is 5.69 Å². The number of ether oxygens (including phenoxy) is 1. The monoisotopic (exact) mass is 267 g/mol. The molecule has 0 spiro atoms. The van der Waals surface area contributed by atoms with E-state index in [0.717, 1.165) is 0 Å². The van der Waals surface area contributed by atoms with Crippen LogP contribution < -0.4 is 10.1 Å². The number of hydrogen-bond donors (Lipinski definition) is 1. The SMILES string of the molecule is CNCCN(C)C(=O)c1ccc([N+](=O)[O-])c(OC)c1. The van der Waals surface area contributed by atoms with Crippen LogP contribution in [-0.4, -0.2) is 50.0 Å². The van der Waals surface area contributed by atoms with Gasteiger partial charge in [-0.05, 0) is 13.1 Å². The van der Waals surface area contributed by atoms with Crippen LogP contribution >= 0.6 is 0 Å². The molecule has 0 bridgehead atoms. The molecule has 0 radical (unpaired) electrons. The quantitative estimate of drug-likeness (QED) is 0.611. The number of nitro benzene ring substituents is 1. The van der Waals surface area contributed by atoms with Crippen LogP contribution in [0, 0.1) is 10.1 Å². The Kier molecular flexibility index (Phi) is 5.25. The molecule has 0 atom stereocenters. The second-order valence-electron chi connectivity index (χ2n) is 3.97. The summed E-state index contributed by atoms with van der Waals surface area (Å²) in [7, 11) is 4.81. The molecule has 1 N–H and O–H groups in total. The highest BCUT2D eigenvalue weighted by Gasteiger charge is 2.19. The summed E-state index contributed by atoms with van der Waals surface area (Å²) in [4.78, 5) is 23.8. The van der Waals surface area contributed by atoms with E-state index in [4.69, 9.17) is 4.74 Å². The van der Waals surface area contributed by atoms with Crippen LogP contribution in [0.4, 0.5) is 5.69 Å². The predicted octanol–water partition coefficient (Wildman–Crippen LogP) is 0.895. The lowest BCUT2D eigenvalue weighted by Gasteiger charge is -2.17. The molecule has 0 aliphatic carbocycles. The van der Waals surface area contributed by atoms with Crippen LogP contribution in [0.2, 0.25) is 0 Å². The summed E-state index contributed by atoms with van der Waals surface area (Å²) in [5.74, 6) is -0.124. The topological polar surface area (TPSA) is 84.7 Å². The number of nitrogens with one attached hydrogen (secondary N) is 1. The first kappa shape index (κ1) is 14.9. The van der Waals surface area contributed by atoms with Crippen LogP contribution in [0.15, 0.2) is 18.2 Å². The van der Waals surface area contributed by atoms with Gasteiger partial charge in [0.25, 0.3) is 5.91 Å². The first-order valence-electron chi connectivity index (χ1n) is 5.73. The van der Waals surface area contributed by atoms with Crippen molar-refractivity contribution in [2.24, 2.45) is 0 Å². The van der Waals surface area contributed by atoms with Gasteiger partial charge in [0.2, 0.25) is 0 Å². The van der Waals surface area contributed by atoms with Crippen LogP contribution in [0.5, 0.6) is 5.75 Å². The summed E-state index contributed by atoms with van der Waals surface area (Å²) in [5.41, 5.74) is 0.206. The largest absolute Gasteiger partial charge is 0.490 e. The maximum atomic E-state index is 12.1. The van der Waals surface area contributed by atoms with Gasteiger partial charge in [-0.2, -0.15) is 0 Å². The molecular formula is C12H17N3O4. The summed E-state index contributed by atoms with van der Waals surface area (Å²) in [6, 6.07) is 4.09. The Bertz CT molecular complexity index is 476. The van der Waals surface area contributed by atoms with E-state index in [2.05, 4.69) is 5.32 Å². The molecule has 0 aliphatic heterocycles. The number of carbonyl (C=O) groups is 1. The second kappa shape index (κ2) is 6.69. The van der Waals surface area contributed by atoms with Gasteiger partial charge in [0.05, 0.1) is 12.0 Å². The zero-order valence-corrected chi connectivity index (χ0v) is 11.2. The zero-order valence-electron chi connectivity index (χ0n) is 11.2. The van der Waals surface area contributed by atoms with Gasteiger partial charge in [0.1, 0.15) is 0 Å². The summed E-state index contributed by atoms with van der Waals surface area (Å²) in [6.45, 7) is 1.22. The Labute approximate surface area is 111 Å². The molecule has 1 aromatic carbocycles. The number of likely N-dealkylation sites (N-methyl/N-ethyl adjacent to an activating group) is 2. The van der Waals surface area contributed by atoms with Crippen LogP contribution in [0.25, 0.3) is 0 Å². The fourth-order valence-corrected chi connectivity index (χ4v) is 1.56. The Morgan fingerprint density at radius 1 is 1.53 bits per heavy atom. The lowest BCUT2D eigenvalue weighted by molar-refractivity contribution is -0.385. The van der Waals surface area contributed by atoms with E-state index in [1.807, 2.05) is 0 Å². The number of nitrogens with zero attached hydrogens (tertiary/aromatic N) is 2. The molecule has 104 valence electrons. The molecular weight excluding hydrogens is 250 g/mol. The molecule has 0 saturated carbocycles. The summed E-state index contributed by atoms with van der Waals surface area (Å²) < 4.78 is 4.93. The summed E-state index contributed by atoms with van der Waals surface area (Å²) >= 11 is 0. The van der Waals surface area contributed by atoms with Crippen LogP contribution in [0.3, 0.4) is 0 Å². The van der Waals surface area contributed by atoms with E-state index in [9.17, 15) is 14.9 Å². The van der Waals surface area contributed by atoms with E-state index >= 15 is 0 Å². The van der Waals surface area contributed by atoms with E-state index in [0.29, 0.717) is 18.7 Å². The minimum Gasteiger partial charge on any atom is -0.490 e. The van der Waals surface area contributed by atoms with Crippen molar-refractivity contribution in [1.29, 1.82) is 0 Å². The molecule has 1 aromatic rings. The Balaban J connectivity index is 2.95. The van der Waals surface area contributed by atoms with E-state index < -0.39 is 4.92 Å². The second-order valence-corrected chi connectivity index (χ2v) is 3.97. The first-order valence-corrected chi connectivity index (χ1v) is 5.73. The van der Waals surface area contributed by atoms with Gasteiger partial charge in [-0.25, -0.2) is 0 Å². The molecule has 0 saturated heterocycles. The van der Waals surface area contributed by atoms with Gasteiger partial charge in [-0.1, -0.05) is 0 Å². The summed E-state index contributed by atoms with van der Waals surface area (Å²) in [6.07, 6.45) is 0. The molecule has 7 heteroatoms. The number of nitro groups is 1. The fourth-order valence-electron chi connectivity index (χ4n) is 1.56. The van der Waals surface area contributed by atoms with Crippen molar-refractivity contribution in [3.8, 4) is 5.75 Å². The average Bonchev–Trinajstić information content (AvgIpc) is 2.42.